The number of nitrogens with zero attached hydrogens (tertiary/aromatic N) is 1. The molecule has 46 heavy (non-hydrogen) atoms. The predicted octanol–water partition coefficient (Wildman–Crippen LogP) is 7.60. The number of carbonyl (C=O) groups is 4. The highest BCUT2D eigenvalue weighted by Crippen LogP contribution is 2.48. The van der Waals surface area contributed by atoms with Crippen LogP contribution in [0.1, 0.15) is 41.4 Å². The van der Waals surface area contributed by atoms with Crippen molar-refractivity contribution in [2.45, 2.75) is 0 Å². The van der Waals surface area contributed by atoms with E-state index in [1.54, 1.807) is 133 Å². The number of carbonyl (C=O) groups excluding carboxylic acids is 4. The van der Waals surface area contributed by atoms with Gasteiger partial charge < -0.3 is 9.47 Å². The van der Waals surface area contributed by atoms with Crippen molar-refractivity contribution in [1.29, 1.82) is 0 Å². The fourth-order valence-electron chi connectivity index (χ4n) is 5.72. The van der Waals surface area contributed by atoms with Crippen LogP contribution >= 0.6 is 0 Å². The number of fused-ring (bicyclic) bond motifs is 2. The van der Waals surface area contributed by atoms with Crippen molar-refractivity contribution in [1.82, 2.24) is 5.06 Å². The van der Waals surface area contributed by atoms with Crippen LogP contribution in [-0.4, -0.2) is 34.0 Å². The van der Waals surface area contributed by atoms with Gasteiger partial charge in [-0.2, -0.15) is 0 Å². The molecule has 2 amide bonds. The molecule has 0 saturated heterocycles. The van der Waals surface area contributed by atoms with Gasteiger partial charge in [0.2, 0.25) is 0 Å². The maximum absolute atomic E-state index is 13.7. The Hall–Kier alpha value is -6.38. The Kier molecular flexibility index (Phi) is 7.17. The average Bonchev–Trinajstić information content (AvgIpc) is 3.32. The standard InChI is InChI=1S/C38H23NO7/c40-35-33-31(27-19-9-11-21-29(27)45-37(42)23-13-3-1-4-14-23)25-17-7-8-18-26(25)32(34(33)36(41)39(35)44)28-20-10-12-22-30(28)46-38(43)24-15-5-2-6-16-24/h1-22,44H. The third-order valence-electron chi connectivity index (χ3n) is 7.77. The maximum atomic E-state index is 13.7. The van der Waals surface area contributed by atoms with Crippen molar-refractivity contribution >= 4 is 34.5 Å². The van der Waals surface area contributed by atoms with Gasteiger partial charge in [0.05, 0.1) is 22.3 Å². The number of amides is 2. The Morgan fingerprint density at radius 3 is 1.22 bits per heavy atom. The minimum Gasteiger partial charge on any atom is -0.422 e. The van der Waals surface area contributed by atoms with Crippen molar-refractivity contribution in [3.8, 4) is 33.8 Å². The lowest BCUT2D eigenvalue weighted by Gasteiger charge is -2.19. The molecule has 1 aliphatic rings. The van der Waals surface area contributed by atoms with Gasteiger partial charge in [0.15, 0.2) is 0 Å². The molecule has 1 heterocycles. The highest BCUT2D eigenvalue weighted by Gasteiger charge is 2.42. The average molecular weight is 606 g/mol. The monoisotopic (exact) mass is 605 g/mol. The largest absolute Gasteiger partial charge is 0.422 e. The Balaban J connectivity index is 1.47. The molecule has 0 aromatic heterocycles. The fourth-order valence-corrected chi connectivity index (χ4v) is 5.72. The number of hydrogen-bond donors (Lipinski definition) is 1. The SMILES string of the molecule is O=C(Oc1ccccc1-c1c2c(c(-c3ccccc3OC(=O)c3ccccc3)c3ccccc13)C(=O)N(O)C2=O)c1ccccc1. The Labute approximate surface area is 262 Å². The summed E-state index contributed by atoms with van der Waals surface area (Å²) in [5.74, 6) is -2.78. The van der Waals surface area contributed by atoms with E-state index in [1.165, 1.54) is 0 Å². The summed E-state index contributed by atoms with van der Waals surface area (Å²) in [5.41, 5.74) is 1.85. The minimum atomic E-state index is -0.940. The molecular weight excluding hydrogens is 582 g/mol. The van der Waals surface area contributed by atoms with E-state index in [2.05, 4.69) is 0 Å². The third kappa shape index (κ3) is 4.79. The fraction of sp³-hybridized carbons (Fsp3) is 0. The first kappa shape index (κ1) is 28.4. The highest BCUT2D eigenvalue weighted by atomic mass is 16.5. The molecule has 1 aliphatic heterocycles. The lowest BCUT2D eigenvalue weighted by molar-refractivity contribution is -0.0326. The van der Waals surface area contributed by atoms with E-state index in [4.69, 9.17) is 9.47 Å². The molecule has 0 radical (unpaired) electrons. The first-order chi connectivity index (χ1) is 22.4. The van der Waals surface area contributed by atoms with Crippen LogP contribution < -0.4 is 9.47 Å². The van der Waals surface area contributed by atoms with Gasteiger partial charge in [0, 0.05) is 22.3 Å². The van der Waals surface area contributed by atoms with E-state index in [0.29, 0.717) is 44.2 Å². The smallest absolute Gasteiger partial charge is 0.343 e. The van der Waals surface area contributed by atoms with E-state index < -0.39 is 23.8 Å². The Morgan fingerprint density at radius 2 is 0.804 bits per heavy atom. The van der Waals surface area contributed by atoms with Crippen molar-refractivity contribution < 1.29 is 33.9 Å². The van der Waals surface area contributed by atoms with Crippen LogP contribution in [0.25, 0.3) is 33.0 Å². The first-order valence-corrected chi connectivity index (χ1v) is 14.3. The van der Waals surface area contributed by atoms with Crippen molar-refractivity contribution in [2.24, 2.45) is 0 Å². The van der Waals surface area contributed by atoms with Crippen LogP contribution in [0.5, 0.6) is 11.5 Å². The van der Waals surface area contributed by atoms with Gasteiger partial charge in [-0.05, 0) is 47.2 Å². The lowest BCUT2D eigenvalue weighted by atomic mass is 9.84. The molecule has 0 saturated carbocycles. The van der Waals surface area contributed by atoms with Crippen LogP contribution in [0.2, 0.25) is 0 Å². The van der Waals surface area contributed by atoms with E-state index in [-0.39, 0.29) is 27.7 Å². The first-order valence-electron chi connectivity index (χ1n) is 14.3. The zero-order chi connectivity index (χ0) is 31.8. The number of esters is 2. The lowest BCUT2D eigenvalue weighted by Crippen LogP contribution is -2.25. The summed E-state index contributed by atoms with van der Waals surface area (Å²) >= 11 is 0. The molecule has 0 spiro atoms. The van der Waals surface area contributed by atoms with Gasteiger partial charge in [-0.25, -0.2) is 9.59 Å². The van der Waals surface area contributed by atoms with Crippen LogP contribution in [0.15, 0.2) is 133 Å². The van der Waals surface area contributed by atoms with Gasteiger partial charge in [-0.1, -0.05) is 97.1 Å². The van der Waals surface area contributed by atoms with E-state index in [9.17, 15) is 24.4 Å². The molecule has 0 fully saturated rings. The van der Waals surface area contributed by atoms with Crippen molar-refractivity contribution in [3.63, 3.8) is 0 Å². The summed E-state index contributed by atoms with van der Waals surface area (Å²) < 4.78 is 11.7. The number of ether oxygens (including phenoxy) is 2. The molecule has 0 aliphatic carbocycles. The summed E-state index contributed by atoms with van der Waals surface area (Å²) in [7, 11) is 0. The number of hydrogen-bond acceptors (Lipinski definition) is 7. The Morgan fingerprint density at radius 1 is 0.457 bits per heavy atom. The number of rotatable bonds is 6. The molecule has 0 atom stereocenters. The van der Waals surface area contributed by atoms with Crippen molar-refractivity contribution in [2.75, 3.05) is 0 Å². The quantitative estimate of drug-likeness (QED) is 0.0901. The molecule has 7 rings (SSSR count). The topological polar surface area (TPSA) is 110 Å². The van der Waals surface area contributed by atoms with Crippen molar-refractivity contribution in [3.05, 3.63) is 156 Å². The number of para-hydroxylation sites is 2. The summed E-state index contributed by atoms with van der Waals surface area (Å²) in [5, 5.41) is 11.9. The van der Waals surface area contributed by atoms with Crippen LogP contribution in [0.4, 0.5) is 0 Å². The summed E-state index contributed by atoms with van der Waals surface area (Å²) in [4.78, 5) is 53.6. The maximum Gasteiger partial charge on any atom is 0.343 e. The van der Waals surface area contributed by atoms with Gasteiger partial charge in [0.1, 0.15) is 11.5 Å². The zero-order valence-corrected chi connectivity index (χ0v) is 24.0. The van der Waals surface area contributed by atoms with Gasteiger partial charge in [0.25, 0.3) is 11.8 Å². The second-order valence-corrected chi connectivity index (χ2v) is 10.5. The molecule has 8 heteroatoms. The number of imide groups is 1. The number of benzene rings is 6. The van der Waals surface area contributed by atoms with Crippen LogP contribution in [0.3, 0.4) is 0 Å². The summed E-state index contributed by atoms with van der Waals surface area (Å²) in [6.45, 7) is 0. The summed E-state index contributed by atoms with van der Waals surface area (Å²) in [6.07, 6.45) is 0. The normalized spacial score (nSPS) is 12.2. The Bertz CT molecular complexity index is 2040. The second kappa shape index (κ2) is 11.6. The van der Waals surface area contributed by atoms with E-state index in [1.807, 2.05) is 0 Å². The highest BCUT2D eigenvalue weighted by molar-refractivity contribution is 6.31. The molecule has 0 unspecified atom stereocenters. The summed E-state index contributed by atoms with van der Waals surface area (Å²) in [6, 6.07) is 37.4. The van der Waals surface area contributed by atoms with Crippen LogP contribution in [0, 0.1) is 0 Å². The molecule has 222 valence electrons. The second-order valence-electron chi connectivity index (χ2n) is 10.5. The van der Waals surface area contributed by atoms with E-state index >= 15 is 0 Å². The molecular formula is C38H23NO7. The molecule has 6 aromatic rings. The molecule has 8 nitrogen and oxygen atoms in total. The third-order valence-corrected chi connectivity index (χ3v) is 7.77. The van der Waals surface area contributed by atoms with Gasteiger partial charge >= 0.3 is 11.9 Å². The van der Waals surface area contributed by atoms with E-state index in [0.717, 1.165) is 0 Å². The van der Waals surface area contributed by atoms with Gasteiger partial charge in [-0.3, -0.25) is 14.8 Å². The van der Waals surface area contributed by atoms with Gasteiger partial charge in [-0.15, -0.1) is 5.06 Å². The van der Waals surface area contributed by atoms with Crippen LogP contribution in [-0.2, 0) is 0 Å². The molecule has 6 aromatic carbocycles. The molecule has 0 bridgehead atoms. The minimum absolute atomic E-state index is 0.0754. The number of hydroxylamine groups is 2. The molecule has 1 N–H and O–H groups in total. The zero-order valence-electron chi connectivity index (χ0n) is 24.0. The predicted molar refractivity (Wildman–Crippen MR) is 170 cm³/mol.